The summed E-state index contributed by atoms with van der Waals surface area (Å²) in [7, 11) is 0. The fraction of sp³-hybridized carbons (Fsp3) is 0.333. The van der Waals surface area contributed by atoms with E-state index in [9.17, 15) is 4.79 Å². The van der Waals surface area contributed by atoms with Crippen molar-refractivity contribution in [2.24, 2.45) is 0 Å². The fourth-order valence-corrected chi connectivity index (χ4v) is 3.83. The first-order valence-corrected chi connectivity index (χ1v) is 7.80. The Labute approximate surface area is 122 Å². The van der Waals surface area contributed by atoms with Crippen LogP contribution in [0.1, 0.15) is 9.67 Å². The molecule has 3 rings (SSSR count). The van der Waals surface area contributed by atoms with Crippen LogP contribution in [-0.4, -0.2) is 56.7 Å². The molecule has 1 amide bonds. The predicted octanol–water partition coefficient (Wildman–Crippen LogP) is 1.04. The van der Waals surface area contributed by atoms with Gasteiger partial charge in [-0.3, -0.25) is 9.20 Å². The van der Waals surface area contributed by atoms with E-state index in [1.54, 1.807) is 11.3 Å². The third-order valence-corrected chi connectivity index (χ3v) is 4.74. The zero-order valence-electron chi connectivity index (χ0n) is 10.5. The summed E-state index contributed by atoms with van der Waals surface area (Å²) in [5.74, 6) is -0.180. The van der Waals surface area contributed by atoms with Crippen molar-refractivity contribution in [1.82, 2.24) is 14.3 Å². The highest BCUT2D eigenvalue weighted by atomic mass is 32.1. The van der Waals surface area contributed by atoms with Gasteiger partial charge in [-0.1, -0.05) is 0 Å². The second kappa shape index (κ2) is 5.49. The Morgan fingerprint density at radius 2 is 2.10 bits per heavy atom. The monoisotopic (exact) mass is 311 g/mol. The molecular weight excluding hydrogens is 298 g/mol. The predicted molar refractivity (Wildman–Crippen MR) is 78.5 cm³/mol. The maximum absolute atomic E-state index is 12.3. The Morgan fingerprint density at radius 3 is 2.80 bits per heavy atom. The van der Waals surface area contributed by atoms with Crippen LogP contribution >= 0.6 is 22.7 Å². The average molecular weight is 311 g/mol. The number of aliphatic hydroxyl groups excluding tert-OH is 2. The van der Waals surface area contributed by atoms with E-state index in [1.165, 1.54) is 16.2 Å². The molecule has 0 saturated heterocycles. The lowest BCUT2D eigenvalue weighted by molar-refractivity contribution is 0.0689. The van der Waals surface area contributed by atoms with Crippen LogP contribution in [0.2, 0.25) is 0 Å². The van der Waals surface area contributed by atoms with E-state index in [0.717, 1.165) is 15.3 Å². The number of aliphatic hydroxyl groups is 2. The average Bonchev–Trinajstić information content (AvgIpc) is 3.08. The Balaban J connectivity index is 1.95. The summed E-state index contributed by atoms with van der Waals surface area (Å²) in [6, 6.07) is 1.82. The van der Waals surface area contributed by atoms with Gasteiger partial charge >= 0.3 is 0 Å². The standard InChI is InChI=1S/C12H13N3O3S2/c16-4-1-14(2-5-17)11(18)9-7-8-10(20-9)13-12-15(8)3-6-19-12/h3,6-7,16-17H,1-2,4-5H2. The van der Waals surface area contributed by atoms with Crippen molar-refractivity contribution in [3.8, 4) is 0 Å². The van der Waals surface area contributed by atoms with E-state index in [2.05, 4.69) is 4.98 Å². The number of carbonyl (C=O) groups is 1. The van der Waals surface area contributed by atoms with Gasteiger partial charge in [-0.15, -0.1) is 22.7 Å². The van der Waals surface area contributed by atoms with Gasteiger partial charge in [0, 0.05) is 24.7 Å². The molecule has 2 N–H and O–H groups in total. The van der Waals surface area contributed by atoms with Crippen LogP contribution in [0.15, 0.2) is 17.6 Å². The molecule has 0 aromatic carbocycles. The molecule has 3 aromatic heterocycles. The second-order valence-corrected chi connectivity index (χ2v) is 6.11. The highest BCUT2D eigenvalue weighted by molar-refractivity contribution is 7.21. The number of rotatable bonds is 5. The third kappa shape index (κ3) is 2.20. The smallest absolute Gasteiger partial charge is 0.264 e. The van der Waals surface area contributed by atoms with Crippen molar-refractivity contribution in [1.29, 1.82) is 0 Å². The Hall–Kier alpha value is -1.48. The lowest BCUT2D eigenvalue weighted by atomic mass is 10.3. The largest absolute Gasteiger partial charge is 0.395 e. The summed E-state index contributed by atoms with van der Waals surface area (Å²) in [6.45, 7) is 0.196. The maximum atomic E-state index is 12.3. The van der Waals surface area contributed by atoms with E-state index in [0.29, 0.717) is 4.88 Å². The molecule has 0 bridgehead atoms. The summed E-state index contributed by atoms with van der Waals surface area (Å²) < 4.78 is 1.95. The van der Waals surface area contributed by atoms with E-state index in [-0.39, 0.29) is 32.2 Å². The van der Waals surface area contributed by atoms with Crippen LogP contribution in [0.5, 0.6) is 0 Å². The number of thiazole rings is 1. The molecule has 0 spiro atoms. The van der Waals surface area contributed by atoms with Crippen LogP contribution in [-0.2, 0) is 0 Å². The van der Waals surface area contributed by atoms with Gasteiger partial charge in [0.15, 0.2) is 4.96 Å². The van der Waals surface area contributed by atoms with Crippen molar-refractivity contribution in [2.45, 2.75) is 0 Å². The SMILES string of the molecule is O=C(c1cc2c(nc3sccn32)s1)N(CCO)CCO. The molecule has 0 radical (unpaired) electrons. The number of imidazole rings is 1. The number of thiophene rings is 1. The molecule has 8 heteroatoms. The number of hydrogen-bond acceptors (Lipinski definition) is 6. The lowest BCUT2D eigenvalue weighted by Gasteiger charge is -2.19. The molecule has 106 valence electrons. The highest BCUT2D eigenvalue weighted by Crippen LogP contribution is 2.28. The van der Waals surface area contributed by atoms with E-state index in [1.807, 2.05) is 22.0 Å². The molecule has 0 aliphatic rings. The third-order valence-electron chi connectivity index (χ3n) is 2.98. The normalized spacial score (nSPS) is 11.5. The lowest BCUT2D eigenvalue weighted by Crippen LogP contribution is -2.35. The van der Waals surface area contributed by atoms with Gasteiger partial charge < -0.3 is 15.1 Å². The maximum Gasteiger partial charge on any atom is 0.264 e. The molecule has 3 heterocycles. The summed E-state index contributed by atoms with van der Waals surface area (Å²) in [4.78, 5) is 20.6. The van der Waals surface area contributed by atoms with E-state index < -0.39 is 0 Å². The Kier molecular flexibility index (Phi) is 3.70. The quantitative estimate of drug-likeness (QED) is 0.738. The Morgan fingerprint density at radius 1 is 1.35 bits per heavy atom. The number of aromatic nitrogens is 2. The first-order valence-electron chi connectivity index (χ1n) is 6.10. The van der Waals surface area contributed by atoms with Crippen molar-refractivity contribution in [2.75, 3.05) is 26.3 Å². The first-order chi connectivity index (χ1) is 9.74. The summed E-state index contributed by atoms with van der Waals surface area (Å²) >= 11 is 2.89. The number of fused-ring (bicyclic) bond motifs is 3. The van der Waals surface area contributed by atoms with E-state index in [4.69, 9.17) is 10.2 Å². The summed E-state index contributed by atoms with van der Waals surface area (Å²) in [5, 5.41) is 19.9. The molecule has 20 heavy (non-hydrogen) atoms. The zero-order chi connectivity index (χ0) is 14.1. The van der Waals surface area contributed by atoms with Crippen LogP contribution in [0.4, 0.5) is 0 Å². The molecule has 6 nitrogen and oxygen atoms in total. The molecule has 0 saturated carbocycles. The minimum atomic E-state index is -0.180. The molecule has 0 aliphatic heterocycles. The second-order valence-electron chi connectivity index (χ2n) is 4.21. The number of hydrogen-bond donors (Lipinski definition) is 2. The van der Waals surface area contributed by atoms with Crippen LogP contribution in [0, 0.1) is 0 Å². The number of amides is 1. The summed E-state index contributed by atoms with van der Waals surface area (Å²) in [5.41, 5.74) is 0.919. The van der Waals surface area contributed by atoms with E-state index >= 15 is 0 Å². The van der Waals surface area contributed by atoms with Crippen molar-refractivity contribution in [3.63, 3.8) is 0 Å². The Bertz CT molecular complexity index is 739. The highest BCUT2D eigenvalue weighted by Gasteiger charge is 2.19. The summed E-state index contributed by atoms with van der Waals surface area (Å²) in [6.07, 6.45) is 1.93. The van der Waals surface area contributed by atoms with Crippen molar-refractivity contribution >= 4 is 43.9 Å². The van der Waals surface area contributed by atoms with Crippen LogP contribution in [0.3, 0.4) is 0 Å². The van der Waals surface area contributed by atoms with Gasteiger partial charge in [0.25, 0.3) is 5.91 Å². The molecule has 0 unspecified atom stereocenters. The topological polar surface area (TPSA) is 78.1 Å². The van der Waals surface area contributed by atoms with Gasteiger partial charge in [0.05, 0.1) is 23.6 Å². The molecule has 0 fully saturated rings. The van der Waals surface area contributed by atoms with Crippen LogP contribution < -0.4 is 0 Å². The van der Waals surface area contributed by atoms with Gasteiger partial charge in [0.2, 0.25) is 0 Å². The van der Waals surface area contributed by atoms with Gasteiger partial charge in [-0.2, -0.15) is 0 Å². The zero-order valence-corrected chi connectivity index (χ0v) is 12.2. The van der Waals surface area contributed by atoms with Crippen molar-refractivity contribution in [3.05, 3.63) is 22.5 Å². The fourth-order valence-electron chi connectivity index (χ4n) is 2.07. The molecule has 3 aromatic rings. The van der Waals surface area contributed by atoms with Gasteiger partial charge in [0.1, 0.15) is 4.83 Å². The molecular formula is C12H13N3O3S2. The molecule has 0 atom stereocenters. The minimum Gasteiger partial charge on any atom is -0.395 e. The van der Waals surface area contributed by atoms with Gasteiger partial charge in [-0.25, -0.2) is 4.98 Å². The number of carbonyl (C=O) groups excluding carboxylic acids is 1. The first kappa shape index (κ1) is 13.5. The van der Waals surface area contributed by atoms with Crippen molar-refractivity contribution < 1.29 is 15.0 Å². The van der Waals surface area contributed by atoms with Gasteiger partial charge in [-0.05, 0) is 6.07 Å². The van der Waals surface area contributed by atoms with Crippen LogP contribution in [0.25, 0.3) is 15.3 Å². The number of nitrogens with zero attached hydrogens (tertiary/aromatic N) is 3. The molecule has 0 aliphatic carbocycles. The minimum absolute atomic E-state index is 0.120.